The van der Waals surface area contributed by atoms with Crippen LogP contribution >= 0.6 is 0 Å². The highest BCUT2D eigenvalue weighted by molar-refractivity contribution is 5.96. The summed E-state index contributed by atoms with van der Waals surface area (Å²) in [5, 5.41) is 5.49. The third-order valence-corrected chi connectivity index (χ3v) is 4.09. The molecule has 0 aliphatic rings. The van der Waals surface area contributed by atoms with Crippen LogP contribution in [0.3, 0.4) is 0 Å². The van der Waals surface area contributed by atoms with Crippen LogP contribution in [0, 0.1) is 0 Å². The summed E-state index contributed by atoms with van der Waals surface area (Å²) in [4.78, 5) is 36.2. The standard InChI is InChI=1S/C21H24N2O6/c1-5-19(24)23-16-7-13(6-15(8-16)21(26)29-4)12-22-20(25)14-9-17(27-2)11-18(10-14)28-3/h6-11H,5,12H2,1-4H3,(H,22,25)(H,23,24). The average molecular weight is 400 g/mol. The van der Waals surface area contributed by atoms with Crippen molar-refractivity contribution in [3.63, 3.8) is 0 Å². The third-order valence-electron chi connectivity index (χ3n) is 4.09. The zero-order chi connectivity index (χ0) is 21.4. The molecule has 8 nitrogen and oxygen atoms in total. The molecule has 2 rings (SSSR count). The Morgan fingerprint density at radius 1 is 0.862 bits per heavy atom. The molecule has 0 aliphatic carbocycles. The molecule has 0 unspecified atom stereocenters. The first-order valence-electron chi connectivity index (χ1n) is 8.93. The summed E-state index contributed by atoms with van der Waals surface area (Å²) in [5.41, 5.74) is 1.72. The number of benzene rings is 2. The van der Waals surface area contributed by atoms with E-state index in [4.69, 9.17) is 14.2 Å². The first-order chi connectivity index (χ1) is 13.9. The van der Waals surface area contributed by atoms with Gasteiger partial charge in [0, 0.05) is 30.3 Å². The Morgan fingerprint density at radius 2 is 1.52 bits per heavy atom. The number of ether oxygens (including phenoxy) is 3. The van der Waals surface area contributed by atoms with Gasteiger partial charge >= 0.3 is 5.97 Å². The first-order valence-corrected chi connectivity index (χ1v) is 8.93. The summed E-state index contributed by atoms with van der Waals surface area (Å²) in [7, 11) is 4.28. The van der Waals surface area contributed by atoms with Crippen LogP contribution in [0.25, 0.3) is 0 Å². The molecule has 0 bridgehead atoms. The van der Waals surface area contributed by atoms with Crippen LogP contribution < -0.4 is 20.1 Å². The van der Waals surface area contributed by atoms with E-state index in [0.29, 0.717) is 34.7 Å². The molecule has 29 heavy (non-hydrogen) atoms. The lowest BCUT2D eigenvalue weighted by Gasteiger charge is -2.12. The number of nitrogens with one attached hydrogen (secondary N) is 2. The first kappa shape index (κ1) is 21.7. The van der Waals surface area contributed by atoms with Crippen molar-refractivity contribution in [3.8, 4) is 11.5 Å². The van der Waals surface area contributed by atoms with E-state index < -0.39 is 5.97 Å². The van der Waals surface area contributed by atoms with Gasteiger partial charge in [-0.15, -0.1) is 0 Å². The summed E-state index contributed by atoms with van der Waals surface area (Å²) in [6.45, 7) is 1.86. The molecule has 0 heterocycles. The third kappa shape index (κ3) is 5.97. The number of carbonyl (C=O) groups excluding carboxylic acids is 3. The van der Waals surface area contributed by atoms with Crippen molar-refractivity contribution in [3.05, 3.63) is 53.1 Å². The molecule has 0 radical (unpaired) electrons. The highest BCUT2D eigenvalue weighted by Crippen LogP contribution is 2.23. The zero-order valence-electron chi connectivity index (χ0n) is 16.8. The Balaban J connectivity index is 2.22. The second-order valence-corrected chi connectivity index (χ2v) is 6.10. The van der Waals surface area contributed by atoms with Gasteiger partial charge in [-0.1, -0.05) is 6.92 Å². The number of hydrogen-bond donors (Lipinski definition) is 2. The van der Waals surface area contributed by atoms with Gasteiger partial charge in [0.25, 0.3) is 5.91 Å². The Labute approximate surface area is 169 Å². The van der Waals surface area contributed by atoms with Gasteiger partial charge < -0.3 is 24.8 Å². The molecule has 2 aromatic rings. The number of esters is 1. The molecule has 2 amide bonds. The minimum absolute atomic E-state index is 0.137. The maximum absolute atomic E-state index is 12.6. The SMILES string of the molecule is CCC(=O)Nc1cc(CNC(=O)c2cc(OC)cc(OC)c2)cc(C(=O)OC)c1. The Morgan fingerprint density at radius 3 is 2.07 bits per heavy atom. The molecule has 154 valence electrons. The number of rotatable bonds is 8. The van der Waals surface area contributed by atoms with Crippen molar-refractivity contribution in [1.29, 1.82) is 0 Å². The molecule has 0 aromatic heterocycles. The van der Waals surface area contributed by atoms with Gasteiger partial charge in [-0.2, -0.15) is 0 Å². The van der Waals surface area contributed by atoms with E-state index in [1.165, 1.54) is 27.4 Å². The largest absolute Gasteiger partial charge is 0.497 e. The Bertz CT molecular complexity index is 888. The minimum atomic E-state index is -0.539. The summed E-state index contributed by atoms with van der Waals surface area (Å²) < 4.78 is 15.1. The number of amides is 2. The zero-order valence-corrected chi connectivity index (χ0v) is 16.8. The van der Waals surface area contributed by atoms with E-state index in [2.05, 4.69) is 10.6 Å². The Hall–Kier alpha value is -3.55. The van der Waals surface area contributed by atoms with Crippen LogP contribution in [0.4, 0.5) is 5.69 Å². The normalized spacial score (nSPS) is 10.1. The van der Waals surface area contributed by atoms with Gasteiger partial charge in [0.1, 0.15) is 11.5 Å². The summed E-state index contributed by atoms with van der Waals surface area (Å²) in [6, 6.07) is 9.66. The van der Waals surface area contributed by atoms with Crippen molar-refractivity contribution >= 4 is 23.5 Å². The molecule has 0 atom stereocenters. The lowest BCUT2D eigenvalue weighted by Crippen LogP contribution is -2.23. The molecule has 0 fully saturated rings. The van der Waals surface area contributed by atoms with Crippen LogP contribution in [0.5, 0.6) is 11.5 Å². The van der Waals surface area contributed by atoms with Crippen molar-refractivity contribution in [1.82, 2.24) is 5.32 Å². The summed E-state index contributed by atoms with van der Waals surface area (Å²) in [6.07, 6.45) is 0.298. The van der Waals surface area contributed by atoms with Crippen LogP contribution in [-0.4, -0.2) is 39.1 Å². The fraction of sp³-hybridized carbons (Fsp3) is 0.286. The number of anilines is 1. The van der Waals surface area contributed by atoms with Crippen LogP contribution in [0.2, 0.25) is 0 Å². The predicted molar refractivity (Wildman–Crippen MR) is 107 cm³/mol. The van der Waals surface area contributed by atoms with Gasteiger partial charge in [0.2, 0.25) is 5.91 Å². The van der Waals surface area contributed by atoms with E-state index in [0.717, 1.165) is 0 Å². The van der Waals surface area contributed by atoms with Crippen molar-refractivity contribution in [2.75, 3.05) is 26.6 Å². The molecular weight excluding hydrogens is 376 g/mol. The molecule has 2 aromatic carbocycles. The second-order valence-electron chi connectivity index (χ2n) is 6.10. The van der Waals surface area contributed by atoms with E-state index in [-0.39, 0.29) is 23.9 Å². The fourth-order valence-corrected chi connectivity index (χ4v) is 2.57. The highest BCUT2D eigenvalue weighted by Gasteiger charge is 2.13. The Kier molecular flexibility index (Phi) is 7.59. The fourth-order valence-electron chi connectivity index (χ4n) is 2.57. The molecule has 8 heteroatoms. The molecule has 0 saturated heterocycles. The smallest absolute Gasteiger partial charge is 0.337 e. The highest BCUT2D eigenvalue weighted by atomic mass is 16.5. The van der Waals surface area contributed by atoms with Crippen LogP contribution in [0.1, 0.15) is 39.6 Å². The minimum Gasteiger partial charge on any atom is -0.497 e. The van der Waals surface area contributed by atoms with Crippen molar-refractivity contribution in [2.24, 2.45) is 0 Å². The molecule has 0 spiro atoms. The lowest BCUT2D eigenvalue weighted by molar-refractivity contribution is -0.115. The van der Waals surface area contributed by atoms with Gasteiger partial charge in [-0.3, -0.25) is 9.59 Å². The van der Waals surface area contributed by atoms with E-state index >= 15 is 0 Å². The summed E-state index contributed by atoms with van der Waals surface area (Å²) >= 11 is 0. The predicted octanol–water partition coefficient (Wildman–Crippen LogP) is 2.77. The number of methoxy groups -OCH3 is 3. The van der Waals surface area contributed by atoms with Gasteiger partial charge in [-0.25, -0.2) is 4.79 Å². The van der Waals surface area contributed by atoms with Crippen LogP contribution in [-0.2, 0) is 16.1 Å². The van der Waals surface area contributed by atoms with Crippen LogP contribution in [0.15, 0.2) is 36.4 Å². The molecule has 0 aliphatic heterocycles. The number of hydrogen-bond acceptors (Lipinski definition) is 6. The maximum Gasteiger partial charge on any atom is 0.337 e. The monoisotopic (exact) mass is 400 g/mol. The molecule has 2 N–H and O–H groups in total. The van der Waals surface area contributed by atoms with Crippen molar-refractivity contribution < 1.29 is 28.6 Å². The van der Waals surface area contributed by atoms with Gasteiger partial charge in [0.15, 0.2) is 0 Å². The molecular formula is C21H24N2O6. The maximum atomic E-state index is 12.6. The second kappa shape index (κ2) is 10.1. The van der Waals surface area contributed by atoms with Gasteiger partial charge in [0.05, 0.1) is 26.9 Å². The molecule has 0 saturated carbocycles. The summed E-state index contributed by atoms with van der Waals surface area (Å²) in [5.74, 6) is -0.0866. The number of carbonyl (C=O) groups is 3. The topological polar surface area (TPSA) is 103 Å². The average Bonchev–Trinajstić information content (AvgIpc) is 2.75. The van der Waals surface area contributed by atoms with Gasteiger partial charge in [-0.05, 0) is 35.9 Å². The van der Waals surface area contributed by atoms with Crippen molar-refractivity contribution in [2.45, 2.75) is 19.9 Å². The van der Waals surface area contributed by atoms with E-state index in [1.54, 1.807) is 37.3 Å². The van der Waals surface area contributed by atoms with E-state index in [9.17, 15) is 14.4 Å². The quantitative estimate of drug-likeness (QED) is 0.661. The lowest BCUT2D eigenvalue weighted by atomic mass is 10.1. The van der Waals surface area contributed by atoms with E-state index in [1.807, 2.05) is 0 Å².